The van der Waals surface area contributed by atoms with Crippen molar-refractivity contribution in [1.29, 1.82) is 0 Å². The maximum absolute atomic E-state index is 13.1. The number of benzene rings is 1. The molecule has 0 amide bonds. The summed E-state index contributed by atoms with van der Waals surface area (Å²) in [5, 5.41) is 8.50. The molecule has 0 aliphatic heterocycles. The highest BCUT2D eigenvalue weighted by Gasteiger charge is 2.34. The predicted molar refractivity (Wildman–Crippen MR) is 71.7 cm³/mol. The van der Waals surface area contributed by atoms with Crippen LogP contribution in [-0.2, 0) is 11.0 Å². The monoisotopic (exact) mass is 287 g/mol. The van der Waals surface area contributed by atoms with Crippen LogP contribution >= 0.6 is 0 Å². The van der Waals surface area contributed by atoms with Gasteiger partial charge >= 0.3 is 12.1 Å². The summed E-state index contributed by atoms with van der Waals surface area (Å²) in [7, 11) is 1.60. The molecule has 0 aliphatic carbocycles. The van der Waals surface area contributed by atoms with E-state index in [4.69, 9.17) is 5.11 Å². The van der Waals surface area contributed by atoms with E-state index in [1.165, 1.54) is 17.0 Å². The van der Waals surface area contributed by atoms with Crippen molar-refractivity contribution < 1.29 is 23.1 Å². The highest BCUT2D eigenvalue weighted by molar-refractivity contribution is 5.85. The predicted octanol–water partition coefficient (Wildman–Crippen LogP) is 3.65. The van der Waals surface area contributed by atoms with Gasteiger partial charge in [0.1, 0.15) is 0 Å². The molecule has 0 unspecified atom stereocenters. The maximum atomic E-state index is 13.1. The largest absolute Gasteiger partial charge is 0.478 e. The van der Waals surface area contributed by atoms with E-state index in [1.807, 2.05) is 6.92 Å². The van der Waals surface area contributed by atoms with Gasteiger partial charge in [0.25, 0.3) is 0 Å². The van der Waals surface area contributed by atoms with Crippen molar-refractivity contribution in [2.45, 2.75) is 19.5 Å². The summed E-state index contributed by atoms with van der Waals surface area (Å²) in [4.78, 5) is 11.9. The molecule has 0 aliphatic rings. The highest BCUT2D eigenvalue weighted by atomic mass is 19.4. The van der Waals surface area contributed by atoms with Crippen molar-refractivity contribution in [2.75, 3.05) is 18.5 Å². The number of halogens is 3. The molecule has 1 N–H and O–H groups in total. The van der Waals surface area contributed by atoms with E-state index in [-0.39, 0.29) is 11.3 Å². The van der Waals surface area contributed by atoms with Gasteiger partial charge in [-0.2, -0.15) is 13.2 Å². The minimum absolute atomic E-state index is 0.0897. The molecule has 6 heteroatoms. The van der Waals surface area contributed by atoms with Gasteiger partial charge in [-0.3, -0.25) is 0 Å². The molecule has 0 saturated carbocycles. The number of rotatable bonds is 5. The second-order valence-electron chi connectivity index (χ2n) is 4.37. The van der Waals surface area contributed by atoms with Crippen molar-refractivity contribution in [1.82, 2.24) is 0 Å². The third-order valence-corrected chi connectivity index (χ3v) is 2.71. The van der Waals surface area contributed by atoms with Crippen LogP contribution in [0.15, 0.2) is 24.3 Å². The smallest absolute Gasteiger partial charge is 0.418 e. The number of anilines is 1. The molecule has 3 nitrogen and oxygen atoms in total. The van der Waals surface area contributed by atoms with Crippen LogP contribution in [0.4, 0.5) is 18.9 Å². The van der Waals surface area contributed by atoms with Gasteiger partial charge in [-0.15, -0.1) is 0 Å². The average Bonchev–Trinajstić information content (AvgIpc) is 2.35. The number of carbonyl (C=O) groups is 1. The Bertz CT molecular complexity index is 510. The van der Waals surface area contributed by atoms with Crippen LogP contribution in [0.1, 0.15) is 24.5 Å². The first-order chi connectivity index (χ1) is 9.25. The Kier molecular flexibility index (Phi) is 5.19. The topological polar surface area (TPSA) is 40.5 Å². The molecule has 1 aromatic rings. The molecule has 0 heterocycles. The lowest BCUT2D eigenvalue weighted by Gasteiger charge is -2.23. The van der Waals surface area contributed by atoms with E-state index in [1.54, 1.807) is 7.05 Å². The molecule has 110 valence electrons. The molecule has 1 aromatic carbocycles. The molecule has 0 bridgehead atoms. The Morgan fingerprint density at radius 1 is 1.40 bits per heavy atom. The van der Waals surface area contributed by atoms with Gasteiger partial charge < -0.3 is 10.0 Å². The van der Waals surface area contributed by atoms with Gasteiger partial charge in [-0.05, 0) is 30.2 Å². The minimum atomic E-state index is -4.48. The van der Waals surface area contributed by atoms with E-state index in [9.17, 15) is 18.0 Å². The van der Waals surface area contributed by atoms with E-state index in [0.717, 1.165) is 24.6 Å². The maximum Gasteiger partial charge on any atom is 0.418 e. The lowest BCUT2D eigenvalue weighted by atomic mass is 10.1. The Labute approximate surface area is 115 Å². The fourth-order valence-electron chi connectivity index (χ4n) is 1.84. The van der Waals surface area contributed by atoms with Gasteiger partial charge in [0.15, 0.2) is 0 Å². The average molecular weight is 287 g/mol. The summed E-state index contributed by atoms with van der Waals surface area (Å²) in [6.45, 7) is 2.39. The van der Waals surface area contributed by atoms with Crippen LogP contribution < -0.4 is 4.90 Å². The van der Waals surface area contributed by atoms with Gasteiger partial charge in [0, 0.05) is 25.4 Å². The second kappa shape index (κ2) is 6.45. The summed E-state index contributed by atoms with van der Waals surface area (Å²) < 4.78 is 39.2. The lowest BCUT2D eigenvalue weighted by Crippen LogP contribution is -2.22. The van der Waals surface area contributed by atoms with Crippen LogP contribution in [-0.4, -0.2) is 24.7 Å². The number of nitrogens with zero attached hydrogens (tertiary/aromatic N) is 1. The molecular formula is C14H16F3NO2. The van der Waals surface area contributed by atoms with Crippen LogP contribution in [0.5, 0.6) is 0 Å². The summed E-state index contributed by atoms with van der Waals surface area (Å²) in [6, 6.07) is 3.79. The number of carboxylic acids is 1. The van der Waals surface area contributed by atoms with E-state index in [0.29, 0.717) is 6.54 Å². The number of hydrogen-bond acceptors (Lipinski definition) is 2. The van der Waals surface area contributed by atoms with Crippen molar-refractivity contribution in [3.8, 4) is 0 Å². The third-order valence-electron chi connectivity index (χ3n) is 2.71. The fraction of sp³-hybridized carbons (Fsp3) is 0.357. The standard InChI is InChI=1S/C14H16F3NO2/c1-3-8-18(2)12-6-4-10(5-7-13(19)20)9-11(12)14(15,16)17/h4-7,9H,3,8H2,1-2H3,(H,19,20)/b7-5+. The third kappa shape index (κ3) is 4.29. The van der Waals surface area contributed by atoms with E-state index in [2.05, 4.69) is 0 Å². The first-order valence-electron chi connectivity index (χ1n) is 6.09. The van der Waals surface area contributed by atoms with Gasteiger partial charge in [-0.25, -0.2) is 4.79 Å². The molecule has 0 spiro atoms. The molecule has 0 aromatic heterocycles. The molecule has 0 atom stereocenters. The van der Waals surface area contributed by atoms with Crippen LogP contribution in [0.25, 0.3) is 6.08 Å². The Morgan fingerprint density at radius 2 is 2.05 bits per heavy atom. The fourth-order valence-corrected chi connectivity index (χ4v) is 1.84. The second-order valence-corrected chi connectivity index (χ2v) is 4.37. The lowest BCUT2D eigenvalue weighted by molar-refractivity contribution is -0.137. The van der Waals surface area contributed by atoms with Crippen molar-refractivity contribution >= 4 is 17.7 Å². The van der Waals surface area contributed by atoms with Crippen molar-refractivity contribution in [3.63, 3.8) is 0 Å². The van der Waals surface area contributed by atoms with Crippen molar-refractivity contribution in [2.24, 2.45) is 0 Å². The Morgan fingerprint density at radius 3 is 2.55 bits per heavy atom. The number of carboxylic acid groups (broad SMARTS) is 1. The summed E-state index contributed by atoms with van der Waals surface area (Å²) in [5.41, 5.74) is -0.471. The number of hydrogen-bond donors (Lipinski definition) is 1. The molecule has 1 rings (SSSR count). The van der Waals surface area contributed by atoms with Gasteiger partial charge in [0.2, 0.25) is 0 Å². The molecule has 0 fully saturated rings. The minimum Gasteiger partial charge on any atom is -0.478 e. The summed E-state index contributed by atoms with van der Waals surface area (Å²) >= 11 is 0. The highest BCUT2D eigenvalue weighted by Crippen LogP contribution is 2.37. The zero-order valence-corrected chi connectivity index (χ0v) is 11.2. The Hall–Kier alpha value is -1.98. The zero-order valence-electron chi connectivity index (χ0n) is 11.2. The van der Waals surface area contributed by atoms with Gasteiger partial charge in [0.05, 0.1) is 5.56 Å². The molecule has 0 radical (unpaired) electrons. The first kappa shape index (κ1) is 16.1. The molecule has 20 heavy (non-hydrogen) atoms. The normalized spacial score (nSPS) is 11.8. The first-order valence-corrected chi connectivity index (χ1v) is 6.09. The quantitative estimate of drug-likeness (QED) is 0.840. The number of aliphatic carboxylic acids is 1. The van der Waals surface area contributed by atoms with Crippen molar-refractivity contribution in [3.05, 3.63) is 35.4 Å². The zero-order chi connectivity index (χ0) is 15.3. The van der Waals surface area contributed by atoms with E-state index >= 15 is 0 Å². The van der Waals surface area contributed by atoms with Crippen LogP contribution in [0.2, 0.25) is 0 Å². The van der Waals surface area contributed by atoms with Crippen LogP contribution in [0.3, 0.4) is 0 Å². The number of alkyl halides is 3. The van der Waals surface area contributed by atoms with Gasteiger partial charge in [-0.1, -0.05) is 13.0 Å². The Balaban J connectivity index is 3.23. The van der Waals surface area contributed by atoms with E-state index < -0.39 is 17.7 Å². The summed E-state index contributed by atoms with van der Waals surface area (Å²) in [6.07, 6.45) is -1.80. The summed E-state index contributed by atoms with van der Waals surface area (Å²) in [5.74, 6) is -1.20. The molecule has 0 saturated heterocycles. The SMILES string of the molecule is CCCN(C)c1ccc(/C=C/C(=O)O)cc1C(F)(F)F. The molecular weight excluding hydrogens is 271 g/mol. The van der Waals surface area contributed by atoms with Crippen LogP contribution in [0, 0.1) is 0 Å².